The Balaban J connectivity index is 1.86. The number of nitrogens with zero attached hydrogens (tertiary/aromatic N) is 1. The highest BCUT2D eigenvalue weighted by Gasteiger charge is 2.36. The molecule has 0 aromatic carbocycles. The van der Waals surface area contributed by atoms with Crippen LogP contribution in [0.1, 0.15) is 32.4 Å². The number of aromatic nitrogens is 1. The molecule has 1 aliphatic rings. The molecule has 4 nitrogen and oxygen atoms in total. The number of hydrogen-bond donors (Lipinski definition) is 2. The highest BCUT2D eigenvalue weighted by Crippen LogP contribution is 2.29. The van der Waals surface area contributed by atoms with Crippen molar-refractivity contribution < 1.29 is 9.90 Å². The fraction of sp³-hybridized carbons (Fsp3) is 0.643. The zero-order chi connectivity index (χ0) is 13.2. The molecule has 1 saturated heterocycles. The maximum atomic E-state index is 12.1. The molecule has 1 unspecified atom stereocenters. The summed E-state index contributed by atoms with van der Waals surface area (Å²) in [4.78, 5) is 17.1. The Hall–Kier alpha value is -1.29. The summed E-state index contributed by atoms with van der Waals surface area (Å²) < 4.78 is 0. The van der Waals surface area contributed by atoms with Crippen LogP contribution >= 0.6 is 0 Å². The molecule has 2 rings (SSSR count). The van der Waals surface area contributed by atoms with Crippen molar-refractivity contribution in [2.24, 2.45) is 5.41 Å². The van der Waals surface area contributed by atoms with Crippen molar-refractivity contribution >= 4 is 5.91 Å². The van der Waals surface area contributed by atoms with Crippen molar-refractivity contribution in [3.8, 4) is 0 Å². The second-order valence-corrected chi connectivity index (χ2v) is 5.80. The zero-order valence-corrected chi connectivity index (χ0v) is 11.1. The second-order valence-electron chi connectivity index (χ2n) is 5.80. The van der Waals surface area contributed by atoms with Gasteiger partial charge in [0.05, 0.1) is 6.10 Å². The van der Waals surface area contributed by atoms with Crippen LogP contribution in [0.4, 0.5) is 0 Å². The van der Waals surface area contributed by atoms with Gasteiger partial charge in [0.2, 0.25) is 5.91 Å². The van der Waals surface area contributed by atoms with Crippen molar-refractivity contribution in [3.63, 3.8) is 0 Å². The van der Waals surface area contributed by atoms with Crippen LogP contribution in [0, 0.1) is 5.41 Å². The highest BCUT2D eigenvalue weighted by atomic mass is 16.3. The summed E-state index contributed by atoms with van der Waals surface area (Å²) >= 11 is 0. The molecule has 100 valence electrons. The van der Waals surface area contributed by atoms with Crippen LogP contribution < -0.4 is 0 Å². The van der Waals surface area contributed by atoms with Gasteiger partial charge in [-0.3, -0.25) is 4.79 Å². The van der Waals surface area contributed by atoms with E-state index in [1.54, 1.807) is 0 Å². The normalized spacial score (nSPS) is 23.1. The lowest BCUT2D eigenvalue weighted by Gasteiger charge is -2.41. The van der Waals surface area contributed by atoms with Gasteiger partial charge in [-0.1, -0.05) is 13.8 Å². The number of carbonyl (C=O) groups excluding carboxylic acids is 1. The van der Waals surface area contributed by atoms with Crippen molar-refractivity contribution in [2.75, 3.05) is 13.1 Å². The van der Waals surface area contributed by atoms with Gasteiger partial charge in [0.15, 0.2) is 0 Å². The summed E-state index contributed by atoms with van der Waals surface area (Å²) in [5.41, 5.74) is 0.903. The molecule has 1 amide bonds. The first-order chi connectivity index (χ1) is 8.49. The predicted octanol–water partition coefficient (Wildman–Crippen LogP) is 1.57. The first-order valence-electron chi connectivity index (χ1n) is 6.57. The molecule has 1 fully saturated rings. The fourth-order valence-electron chi connectivity index (χ4n) is 2.48. The molecule has 0 saturated carbocycles. The Labute approximate surface area is 108 Å². The van der Waals surface area contributed by atoms with Crippen molar-refractivity contribution in [2.45, 2.75) is 39.2 Å². The van der Waals surface area contributed by atoms with Crippen molar-refractivity contribution in [1.82, 2.24) is 9.88 Å². The SMILES string of the molecule is CC1(C)CN(C(=O)CCc2ccc[nH]2)CCC1O. The summed E-state index contributed by atoms with van der Waals surface area (Å²) in [7, 11) is 0. The maximum absolute atomic E-state index is 12.1. The van der Waals surface area contributed by atoms with Crippen molar-refractivity contribution in [1.29, 1.82) is 0 Å². The monoisotopic (exact) mass is 250 g/mol. The van der Waals surface area contributed by atoms with E-state index in [4.69, 9.17) is 0 Å². The molecule has 18 heavy (non-hydrogen) atoms. The average molecular weight is 250 g/mol. The number of carbonyl (C=O) groups is 1. The number of piperidine rings is 1. The van der Waals surface area contributed by atoms with E-state index >= 15 is 0 Å². The van der Waals surface area contributed by atoms with Gasteiger partial charge >= 0.3 is 0 Å². The molecule has 0 spiro atoms. The number of H-pyrrole nitrogens is 1. The summed E-state index contributed by atoms with van der Waals surface area (Å²) in [6.07, 6.45) is 3.55. The van der Waals surface area contributed by atoms with Gasteiger partial charge in [-0.15, -0.1) is 0 Å². The molecule has 4 heteroatoms. The molecule has 1 aliphatic heterocycles. The average Bonchev–Trinajstić information content (AvgIpc) is 2.82. The van der Waals surface area contributed by atoms with Crippen LogP contribution in [0.25, 0.3) is 0 Å². The Morgan fingerprint density at radius 2 is 2.39 bits per heavy atom. The van der Waals surface area contributed by atoms with E-state index in [0.717, 1.165) is 12.1 Å². The smallest absolute Gasteiger partial charge is 0.222 e. The first-order valence-corrected chi connectivity index (χ1v) is 6.57. The van der Waals surface area contributed by atoms with Gasteiger partial charge in [0.1, 0.15) is 0 Å². The number of aryl methyl sites for hydroxylation is 1. The second kappa shape index (κ2) is 5.14. The van der Waals surface area contributed by atoms with E-state index in [1.807, 2.05) is 37.1 Å². The molecule has 0 bridgehead atoms. The number of rotatable bonds is 3. The molecule has 1 atom stereocenters. The maximum Gasteiger partial charge on any atom is 0.222 e. The van der Waals surface area contributed by atoms with Gasteiger partial charge in [-0.2, -0.15) is 0 Å². The minimum atomic E-state index is -0.301. The summed E-state index contributed by atoms with van der Waals surface area (Å²) in [6, 6.07) is 3.94. The number of aliphatic hydroxyl groups excluding tert-OH is 1. The highest BCUT2D eigenvalue weighted by molar-refractivity contribution is 5.76. The number of aliphatic hydroxyl groups is 1. The van der Waals surface area contributed by atoms with E-state index in [1.165, 1.54) is 0 Å². The Kier molecular flexibility index (Phi) is 3.76. The van der Waals surface area contributed by atoms with E-state index in [-0.39, 0.29) is 17.4 Å². The molecular formula is C14H22N2O2. The molecule has 1 aromatic heterocycles. The molecule has 2 heterocycles. The lowest BCUT2D eigenvalue weighted by molar-refractivity contribution is -0.137. The van der Waals surface area contributed by atoms with Gasteiger partial charge in [-0.25, -0.2) is 0 Å². The van der Waals surface area contributed by atoms with Crippen LogP contribution in [-0.4, -0.2) is 40.1 Å². The lowest BCUT2D eigenvalue weighted by atomic mass is 9.81. The fourth-order valence-corrected chi connectivity index (χ4v) is 2.48. The lowest BCUT2D eigenvalue weighted by Crippen LogP contribution is -2.50. The minimum Gasteiger partial charge on any atom is -0.392 e. The van der Waals surface area contributed by atoms with Crippen LogP contribution in [0.5, 0.6) is 0 Å². The minimum absolute atomic E-state index is 0.185. The summed E-state index contributed by atoms with van der Waals surface area (Å²) in [5, 5.41) is 9.87. The number of likely N-dealkylation sites (tertiary alicyclic amines) is 1. The van der Waals surface area contributed by atoms with Gasteiger partial charge in [0.25, 0.3) is 0 Å². The molecule has 2 N–H and O–H groups in total. The number of amides is 1. The van der Waals surface area contributed by atoms with E-state index in [0.29, 0.717) is 25.9 Å². The van der Waals surface area contributed by atoms with Crippen LogP contribution in [-0.2, 0) is 11.2 Å². The van der Waals surface area contributed by atoms with Gasteiger partial charge < -0.3 is 15.0 Å². The van der Waals surface area contributed by atoms with Gasteiger partial charge in [-0.05, 0) is 25.0 Å². The largest absolute Gasteiger partial charge is 0.392 e. The predicted molar refractivity (Wildman–Crippen MR) is 70.1 cm³/mol. The molecule has 0 radical (unpaired) electrons. The Bertz CT molecular complexity index is 398. The number of aromatic amines is 1. The standard InChI is InChI=1S/C14H22N2O2/c1-14(2)10-16(9-7-12(14)17)13(18)6-5-11-4-3-8-15-11/h3-4,8,12,15,17H,5-7,9-10H2,1-2H3. The van der Waals surface area contributed by atoms with Crippen LogP contribution in [0.3, 0.4) is 0 Å². The third-order valence-corrected chi connectivity index (χ3v) is 3.80. The number of nitrogens with one attached hydrogen (secondary N) is 1. The quantitative estimate of drug-likeness (QED) is 0.855. The first kappa shape index (κ1) is 13.1. The van der Waals surface area contributed by atoms with Crippen molar-refractivity contribution in [3.05, 3.63) is 24.0 Å². The Morgan fingerprint density at radius 1 is 1.61 bits per heavy atom. The molecule has 1 aromatic rings. The summed E-state index contributed by atoms with van der Waals surface area (Å²) in [5.74, 6) is 0.185. The van der Waals surface area contributed by atoms with Crippen LogP contribution in [0.15, 0.2) is 18.3 Å². The van der Waals surface area contributed by atoms with E-state index < -0.39 is 0 Å². The zero-order valence-electron chi connectivity index (χ0n) is 11.1. The van der Waals surface area contributed by atoms with E-state index in [9.17, 15) is 9.90 Å². The van der Waals surface area contributed by atoms with E-state index in [2.05, 4.69) is 4.98 Å². The third-order valence-electron chi connectivity index (χ3n) is 3.80. The Morgan fingerprint density at radius 3 is 3.00 bits per heavy atom. The molecular weight excluding hydrogens is 228 g/mol. The molecule has 0 aliphatic carbocycles. The summed E-state index contributed by atoms with van der Waals surface area (Å²) in [6.45, 7) is 5.36. The van der Waals surface area contributed by atoms with Crippen LogP contribution in [0.2, 0.25) is 0 Å². The van der Waals surface area contributed by atoms with Gasteiger partial charge in [0, 0.05) is 36.8 Å². The topological polar surface area (TPSA) is 56.3 Å². The number of hydrogen-bond acceptors (Lipinski definition) is 2. The third kappa shape index (κ3) is 2.93.